The number of rotatable bonds is 5. The van der Waals surface area contributed by atoms with Crippen molar-refractivity contribution in [1.82, 2.24) is 14.5 Å². The molecule has 0 N–H and O–H groups in total. The van der Waals surface area contributed by atoms with Crippen molar-refractivity contribution in [2.45, 2.75) is 38.5 Å². The van der Waals surface area contributed by atoms with Gasteiger partial charge >= 0.3 is 6.18 Å². The Kier molecular flexibility index (Phi) is 5.45. The van der Waals surface area contributed by atoms with Crippen LogP contribution in [0.4, 0.5) is 13.2 Å². The number of piperidine rings is 1. The number of hydrogen-bond donors (Lipinski definition) is 0. The van der Waals surface area contributed by atoms with Crippen LogP contribution in [0.2, 0.25) is 0 Å². The third-order valence-electron chi connectivity index (χ3n) is 3.44. The monoisotopic (exact) mass is 353 g/mol. The molecule has 1 unspecified atom stereocenters. The van der Waals surface area contributed by atoms with E-state index in [1.807, 2.05) is 0 Å². The van der Waals surface area contributed by atoms with E-state index in [0.29, 0.717) is 12.8 Å². The zero-order valence-electron chi connectivity index (χ0n) is 12.6. The third kappa shape index (κ3) is 5.61. The highest BCUT2D eigenvalue weighted by Crippen LogP contribution is 2.23. The van der Waals surface area contributed by atoms with E-state index in [0.717, 1.165) is 10.00 Å². The molecule has 10 heteroatoms. The van der Waals surface area contributed by atoms with Crippen LogP contribution >= 0.6 is 0 Å². The van der Waals surface area contributed by atoms with E-state index in [4.69, 9.17) is 4.74 Å². The maximum atomic E-state index is 12.2. The summed E-state index contributed by atoms with van der Waals surface area (Å²) in [5.41, 5.74) is 0.720. The van der Waals surface area contributed by atoms with Crippen LogP contribution in [0.25, 0.3) is 0 Å². The van der Waals surface area contributed by atoms with Crippen LogP contribution in [0.3, 0.4) is 0 Å². The van der Waals surface area contributed by atoms with Crippen LogP contribution in [-0.4, -0.2) is 54.0 Å². The molecule has 1 fully saturated rings. The Morgan fingerprint density at radius 3 is 2.70 bits per heavy atom. The van der Waals surface area contributed by atoms with Gasteiger partial charge in [-0.3, -0.25) is 0 Å². The molecule has 0 saturated carbocycles. The lowest BCUT2D eigenvalue weighted by molar-refractivity contribution is -0.130. The van der Waals surface area contributed by atoms with Crippen molar-refractivity contribution in [1.29, 1.82) is 0 Å². The van der Waals surface area contributed by atoms with Crippen molar-refractivity contribution in [3.8, 4) is 5.88 Å². The summed E-state index contributed by atoms with van der Waals surface area (Å²) < 4.78 is 67.4. The molecule has 0 amide bonds. The second kappa shape index (κ2) is 7.00. The second-order valence-electron chi connectivity index (χ2n) is 5.43. The van der Waals surface area contributed by atoms with Crippen LogP contribution in [0.1, 0.15) is 25.0 Å². The van der Waals surface area contributed by atoms with Gasteiger partial charge in [-0.05, 0) is 25.8 Å². The SMILES string of the molecule is Cc1ccc(OC2CCCN(S(=O)(=O)CCC(F)(F)F)C2)nn1. The Balaban J connectivity index is 1.95. The molecule has 0 radical (unpaired) electrons. The zero-order chi connectivity index (χ0) is 17.1. The quantitative estimate of drug-likeness (QED) is 0.809. The standard InChI is InChI=1S/C13H18F3N3O3S/c1-10-4-5-12(18-17-10)22-11-3-2-7-19(9-11)23(20,21)8-6-13(14,15)16/h4-5,11H,2-3,6-9H2,1H3. The van der Waals surface area contributed by atoms with Gasteiger partial charge in [0.2, 0.25) is 15.9 Å². The summed E-state index contributed by atoms with van der Waals surface area (Å²) in [5.74, 6) is -0.664. The van der Waals surface area contributed by atoms with Crippen molar-refractivity contribution in [3.63, 3.8) is 0 Å². The van der Waals surface area contributed by atoms with E-state index in [1.54, 1.807) is 19.1 Å². The van der Waals surface area contributed by atoms with Gasteiger partial charge in [-0.15, -0.1) is 5.10 Å². The van der Waals surface area contributed by atoms with E-state index in [1.165, 1.54) is 0 Å². The summed E-state index contributed by atoms with van der Waals surface area (Å²) >= 11 is 0. The van der Waals surface area contributed by atoms with Crippen molar-refractivity contribution in [2.75, 3.05) is 18.8 Å². The largest absolute Gasteiger partial charge is 0.472 e. The van der Waals surface area contributed by atoms with Crippen molar-refractivity contribution >= 4 is 10.0 Å². The molecule has 23 heavy (non-hydrogen) atoms. The minimum absolute atomic E-state index is 0.0236. The molecule has 1 aliphatic rings. The maximum absolute atomic E-state index is 12.2. The molecule has 0 spiro atoms. The average molecular weight is 353 g/mol. The van der Waals surface area contributed by atoms with Gasteiger partial charge in [-0.2, -0.15) is 22.6 Å². The molecule has 0 aliphatic carbocycles. The number of sulfonamides is 1. The fourth-order valence-electron chi connectivity index (χ4n) is 2.25. The minimum atomic E-state index is -4.49. The first-order chi connectivity index (χ1) is 10.7. The molecule has 1 saturated heterocycles. The van der Waals surface area contributed by atoms with Crippen LogP contribution in [0, 0.1) is 6.92 Å². The first-order valence-corrected chi connectivity index (χ1v) is 8.78. The lowest BCUT2D eigenvalue weighted by Gasteiger charge is -2.31. The number of aryl methyl sites for hydroxylation is 1. The Bertz CT molecular complexity index is 620. The summed E-state index contributed by atoms with van der Waals surface area (Å²) in [6.45, 7) is 2.00. The van der Waals surface area contributed by atoms with Gasteiger partial charge in [-0.1, -0.05) is 0 Å². The molecule has 0 bridgehead atoms. The maximum Gasteiger partial charge on any atom is 0.390 e. The second-order valence-corrected chi connectivity index (χ2v) is 7.52. The summed E-state index contributed by atoms with van der Waals surface area (Å²) in [5, 5.41) is 7.68. The van der Waals surface area contributed by atoms with Crippen molar-refractivity contribution < 1.29 is 26.3 Å². The number of nitrogens with zero attached hydrogens (tertiary/aromatic N) is 3. The molecule has 1 aromatic heterocycles. The Morgan fingerprint density at radius 2 is 2.09 bits per heavy atom. The smallest absolute Gasteiger partial charge is 0.390 e. The van der Waals surface area contributed by atoms with Gasteiger partial charge in [0.25, 0.3) is 0 Å². The predicted molar refractivity (Wildman–Crippen MR) is 76.5 cm³/mol. The molecule has 1 aromatic rings. The van der Waals surface area contributed by atoms with Crippen LogP contribution in [0.15, 0.2) is 12.1 Å². The number of alkyl halides is 3. The number of hydrogen-bond acceptors (Lipinski definition) is 5. The highest BCUT2D eigenvalue weighted by Gasteiger charge is 2.35. The first-order valence-electron chi connectivity index (χ1n) is 7.17. The van der Waals surface area contributed by atoms with Gasteiger partial charge in [0.05, 0.1) is 24.4 Å². The van der Waals surface area contributed by atoms with E-state index >= 15 is 0 Å². The highest BCUT2D eigenvalue weighted by molar-refractivity contribution is 7.89. The molecule has 1 atom stereocenters. The van der Waals surface area contributed by atoms with Gasteiger partial charge in [0.1, 0.15) is 6.10 Å². The lowest BCUT2D eigenvalue weighted by atomic mass is 10.1. The average Bonchev–Trinajstić information content (AvgIpc) is 2.47. The summed E-state index contributed by atoms with van der Waals surface area (Å²) in [6, 6.07) is 3.34. The molecular formula is C13H18F3N3O3S. The highest BCUT2D eigenvalue weighted by atomic mass is 32.2. The molecule has 6 nitrogen and oxygen atoms in total. The third-order valence-corrected chi connectivity index (χ3v) is 5.28. The molecule has 2 rings (SSSR count). The molecule has 2 heterocycles. The Hall–Kier alpha value is -1.42. The number of ether oxygens (including phenoxy) is 1. The van der Waals surface area contributed by atoms with Crippen molar-refractivity contribution in [3.05, 3.63) is 17.8 Å². The minimum Gasteiger partial charge on any atom is -0.472 e. The number of aromatic nitrogens is 2. The van der Waals surface area contributed by atoms with Gasteiger partial charge < -0.3 is 4.74 Å². The van der Waals surface area contributed by atoms with Crippen LogP contribution in [0.5, 0.6) is 5.88 Å². The zero-order valence-corrected chi connectivity index (χ0v) is 13.4. The summed E-state index contributed by atoms with van der Waals surface area (Å²) in [4.78, 5) is 0. The fraction of sp³-hybridized carbons (Fsp3) is 0.692. The Labute approximate surface area is 132 Å². The molecule has 130 valence electrons. The summed E-state index contributed by atoms with van der Waals surface area (Å²) in [7, 11) is -3.95. The normalized spacial score (nSPS) is 20.4. The molecule has 0 aromatic carbocycles. The first kappa shape index (κ1) is 17.9. The van der Waals surface area contributed by atoms with Gasteiger partial charge in [0.15, 0.2) is 0 Å². The Morgan fingerprint density at radius 1 is 1.35 bits per heavy atom. The van der Waals surface area contributed by atoms with Gasteiger partial charge in [-0.25, -0.2) is 8.42 Å². The van der Waals surface area contributed by atoms with Crippen LogP contribution in [-0.2, 0) is 10.0 Å². The summed E-state index contributed by atoms with van der Waals surface area (Å²) in [6.07, 6.45) is -5.14. The van der Waals surface area contributed by atoms with E-state index in [2.05, 4.69) is 10.2 Å². The van der Waals surface area contributed by atoms with Gasteiger partial charge in [0, 0.05) is 12.6 Å². The van der Waals surface area contributed by atoms with Crippen LogP contribution < -0.4 is 4.74 Å². The van der Waals surface area contributed by atoms with E-state index < -0.39 is 34.5 Å². The van der Waals surface area contributed by atoms with E-state index in [-0.39, 0.29) is 19.0 Å². The van der Waals surface area contributed by atoms with Crippen molar-refractivity contribution in [2.24, 2.45) is 0 Å². The number of halogens is 3. The molecular weight excluding hydrogens is 335 g/mol. The topological polar surface area (TPSA) is 72.4 Å². The lowest BCUT2D eigenvalue weighted by Crippen LogP contribution is -2.45. The molecule has 1 aliphatic heterocycles. The predicted octanol–water partition coefficient (Wildman–Crippen LogP) is 1.91. The fourth-order valence-corrected chi connectivity index (χ4v) is 3.80. The van der Waals surface area contributed by atoms with E-state index in [9.17, 15) is 21.6 Å².